The normalized spacial score (nSPS) is 12.5. The number of carbonyl (C=O) groups excluding carboxylic acids is 2. The van der Waals surface area contributed by atoms with E-state index in [1.54, 1.807) is 44.4 Å². The first-order chi connectivity index (χ1) is 12.6. The summed E-state index contributed by atoms with van der Waals surface area (Å²) in [5.41, 5.74) is 0.705. The molecule has 144 valence electrons. The Bertz CT molecular complexity index is 907. The number of rotatable bonds is 6. The average Bonchev–Trinajstić information content (AvgIpc) is 2.66. The largest absolute Gasteiger partial charge is 0.444 e. The zero-order valence-corrected chi connectivity index (χ0v) is 16.4. The Kier molecular flexibility index (Phi) is 6.35. The number of sulfonamides is 1. The molecule has 2 rings (SSSR count). The van der Waals surface area contributed by atoms with Crippen LogP contribution in [0.5, 0.6) is 0 Å². The molecule has 27 heavy (non-hydrogen) atoms. The predicted molar refractivity (Wildman–Crippen MR) is 101 cm³/mol. The summed E-state index contributed by atoms with van der Waals surface area (Å²) < 4.78 is 30.7. The van der Waals surface area contributed by atoms with Crippen LogP contribution in [0.3, 0.4) is 0 Å². The highest BCUT2D eigenvalue weighted by atomic mass is 32.2. The lowest BCUT2D eigenvalue weighted by atomic mass is 10.1. The summed E-state index contributed by atoms with van der Waals surface area (Å²) in [5.74, 6) is -1.09. The van der Waals surface area contributed by atoms with E-state index >= 15 is 0 Å². The van der Waals surface area contributed by atoms with Gasteiger partial charge < -0.3 is 9.64 Å². The average molecular weight is 390 g/mol. The molecule has 0 aliphatic rings. The van der Waals surface area contributed by atoms with Crippen LogP contribution in [0.4, 0.5) is 0 Å². The first kappa shape index (κ1) is 20.6. The standard InChI is InChI=1S/C19H22N2O5S/c1-20(2)18(22)17(14-8-6-5-7-9-14)26-19(23)15-10-12-16(13-11-15)27(24,25)21(3)4/h5-13,17H,1-4H3/t17-/m1/s1. The summed E-state index contributed by atoms with van der Waals surface area (Å²) >= 11 is 0. The Morgan fingerprint density at radius 1 is 0.889 bits per heavy atom. The van der Waals surface area contributed by atoms with E-state index in [1.165, 1.54) is 43.3 Å². The molecule has 8 heteroatoms. The van der Waals surface area contributed by atoms with E-state index in [0.717, 1.165) is 4.31 Å². The summed E-state index contributed by atoms with van der Waals surface area (Å²) in [6.45, 7) is 0. The Hall–Kier alpha value is -2.71. The van der Waals surface area contributed by atoms with Crippen LogP contribution in [0.15, 0.2) is 59.5 Å². The Balaban J connectivity index is 2.26. The summed E-state index contributed by atoms with van der Waals surface area (Å²) in [4.78, 5) is 26.3. The Labute approximate surface area is 159 Å². The molecule has 0 aliphatic heterocycles. The van der Waals surface area contributed by atoms with Crippen LogP contribution in [0.25, 0.3) is 0 Å². The molecule has 1 atom stereocenters. The van der Waals surface area contributed by atoms with Crippen molar-refractivity contribution in [2.45, 2.75) is 11.0 Å². The second kappa shape index (κ2) is 8.32. The molecule has 0 radical (unpaired) electrons. The highest BCUT2D eigenvalue weighted by Gasteiger charge is 2.27. The molecule has 0 N–H and O–H groups in total. The molecule has 0 saturated heterocycles. The molecule has 7 nitrogen and oxygen atoms in total. The minimum absolute atomic E-state index is 0.0630. The fraction of sp³-hybridized carbons (Fsp3) is 0.263. The first-order valence-electron chi connectivity index (χ1n) is 8.14. The minimum atomic E-state index is -3.59. The van der Waals surface area contributed by atoms with Crippen LogP contribution in [0.1, 0.15) is 22.0 Å². The molecular formula is C19H22N2O5S. The van der Waals surface area contributed by atoms with Gasteiger partial charge in [-0.05, 0) is 24.3 Å². The van der Waals surface area contributed by atoms with Gasteiger partial charge >= 0.3 is 5.97 Å². The highest BCUT2D eigenvalue weighted by molar-refractivity contribution is 7.89. The maximum atomic E-state index is 12.5. The number of carbonyl (C=O) groups is 2. The van der Waals surface area contributed by atoms with Gasteiger partial charge in [0.05, 0.1) is 10.5 Å². The van der Waals surface area contributed by atoms with Crippen molar-refractivity contribution < 1.29 is 22.7 Å². The van der Waals surface area contributed by atoms with Crippen LogP contribution in [0, 0.1) is 0 Å². The lowest BCUT2D eigenvalue weighted by Crippen LogP contribution is -2.31. The molecule has 0 aromatic heterocycles. The monoisotopic (exact) mass is 390 g/mol. The number of ether oxygens (including phenoxy) is 1. The molecule has 0 saturated carbocycles. The fourth-order valence-corrected chi connectivity index (χ4v) is 3.17. The molecule has 0 bridgehead atoms. The molecule has 1 amide bonds. The third-order valence-corrected chi connectivity index (χ3v) is 5.69. The van der Waals surface area contributed by atoms with Gasteiger partial charge in [0.1, 0.15) is 0 Å². The van der Waals surface area contributed by atoms with Crippen LogP contribution >= 0.6 is 0 Å². The second-order valence-electron chi connectivity index (χ2n) is 6.24. The molecule has 2 aromatic rings. The molecule has 0 unspecified atom stereocenters. The second-order valence-corrected chi connectivity index (χ2v) is 8.39. The predicted octanol–water partition coefficient (Wildman–Crippen LogP) is 1.92. The third-order valence-electron chi connectivity index (χ3n) is 3.86. The van der Waals surface area contributed by atoms with Gasteiger partial charge in [0, 0.05) is 33.8 Å². The lowest BCUT2D eigenvalue weighted by molar-refractivity contribution is -0.138. The van der Waals surface area contributed by atoms with Gasteiger partial charge in [0.15, 0.2) is 0 Å². The molecule has 0 spiro atoms. The van der Waals surface area contributed by atoms with Crippen molar-refractivity contribution in [3.05, 3.63) is 65.7 Å². The van der Waals surface area contributed by atoms with Crippen molar-refractivity contribution in [3.63, 3.8) is 0 Å². The number of amides is 1. The summed E-state index contributed by atoms with van der Waals surface area (Å²) in [6.07, 6.45) is -1.08. The SMILES string of the molecule is CN(C)C(=O)[C@H](OC(=O)c1ccc(S(=O)(=O)N(C)C)cc1)c1ccccc1. The van der Waals surface area contributed by atoms with E-state index in [9.17, 15) is 18.0 Å². The maximum Gasteiger partial charge on any atom is 0.339 e. The number of esters is 1. The lowest BCUT2D eigenvalue weighted by Gasteiger charge is -2.21. The van der Waals surface area contributed by atoms with Crippen molar-refractivity contribution >= 4 is 21.9 Å². The molecule has 0 aliphatic carbocycles. The van der Waals surface area contributed by atoms with Crippen LogP contribution in [0.2, 0.25) is 0 Å². The number of benzene rings is 2. The fourth-order valence-electron chi connectivity index (χ4n) is 2.27. The topological polar surface area (TPSA) is 84.0 Å². The molecule has 2 aromatic carbocycles. The quantitative estimate of drug-likeness (QED) is 0.704. The maximum absolute atomic E-state index is 12.5. The van der Waals surface area contributed by atoms with Gasteiger partial charge in [0.2, 0.25) is 16.1 Å². The summed E-state index contributed by atoms with van der Waals surface area (Å²) in [7, 11) is 2.41. The number of hydrogen-bond acceptors (Lipinski definition) is 5. The van der Waals surface area contributed by atoms with Crippen molar-refractivity contribution in [1.29, 1.82) is 0 Å². The summed E-state index contributed by atoms with van der Waals surface area (Å²) in [6, 6.07) is 14.1. The smallest absolute Gasteiger partial charge is 0.339 e. The Morgan fingerprint density at radius 3 is 1.93 bits per heavy atom. The van der Waals surface area contributed by atoms with Gasteiger partial charge in [-0.25, -0.2) is 17.5 Å². The van der Waals surface area contributed by atoms with Crippen molar-refractivity contribution in [2.24, 2.45) is 0 Å². The van der Waals surface area contributed by atoms with Gasteiger partial charge in [-0.2, -0.15) is 0 Å². The van der Waals surface area contributed by atoms with Crippen molar-refractivity contribution in [1.82, 2.24) is 9.21 Å². The van der Waals surface area contributed by atoms with E-state index in [0.29, 0.717) is 5.56 Å². The zero-order valence-electron chi connectivity index (χ0n) is 15.6. The van der Waals surface area contributed by atoms with Crippen molar-refractivity contribution in [3.8, 4) is 0 Å². The highest BCUT2D eigenvalue weighted by Crippen LogP contribution is 2.22. The molecule has 0 fully saturated rings. The van der Waals surface area contributed by atoms with E-state index < -0.39 is 22.1 Å². The Morgan fingerprint density at radius 2 is 1.44 bits per heavy atom. The van der Waals surface area contributed by atoms with Crippen LogP contribution in [-0.2, 0) is 19.6 Å². The summed E-state index contributed by atoms with van der Waals surface area (Å²) in [5, 5.41) is 0. The number of nitrogens with zero attached hydrogens (tertiary/aromatic N) is 2. The van der Waals surface area contributed by atoms with Gasteiger partial charge in [-0.1, -0.05) is 30.3 Å². The van der Waals surface area contributed by atoms with Gasteiger partial charge in [-0.3, -0.25) is 4.79 Å². The molecule has 0 heterocycles. The zero-order chi connectivity index (χ0) is 20.2. The van der Waals surface area contributed by atoms with Gasteiger partial charge in [0.25, 0.3) is 5.91 Å². The molecular weight excluding hydrogens is 368 g/mol. The van der Waals surface area contributed by atoms with E-state index in [2.05, 4.69) is 0 Å². The van der Waals surface area contributed by atoms with Crippen molar-refractivity contribution in [2.75, 3.05) is 28.2 Å². The van der Waals surface area contributed by atoms with E-state index in [4.69, 9.17) is 4.74 Å². The first-order valence-corrected chi connectivity index (χ1v) is 9.58. The number of likely N-dealkylation sites (N-methyl/N-ethyl adjacent to an activating group) is 1. The van der Waals surface area contributed by atoms with E-state index in [1.807, 2.05) is 0 Å². The van der Waals surface area contributed by atoms with Crippen LogP contribution < -0.4 is 0 Å². The van der Waals surface area contributed by atoms with Gasteiger partial charge in [-0.15, -0.1) is 0 Å². The van der Waals surface area contributed by atoms with E-state index in [-0.39, 0.29) is 16.4 Å². The third kappa shape index (κ3) is 4.72. The number of hydrogen-bond donors (Lipinski definition) is 0. The van der Waals surface area contributed by atoms with Crippen LogP contribution in [-0.4, -0.2) is 57.7 Å². The minimum Gasteiger partial charge on any atom is -0.444 e.